The molecule has 15 heavy (non-hydrogen) atoms. The van der Waals surface area contributed by atoms with Crippen molar-refractivity contribution in [1.82, 2.24) is 5.32 Å². The summed E-state index contributed by atoms with van der Waals surface area (Å²) in [7, 11) is 0. The van der Waals surface area contributed by atoms with Crippen molar-refractivity contribution in [3.8, 4) is 0 Å². The monoisotopic (exact) mass is 247 g/mol. The zero-order chi connectivity index (χ0) is 10.4. The van der Waals surface area contributed by atoms with E-state index < -0.39 is 0 Å². The Bertz CT molecular complexity index is 251. The SMILES string of the molecule is CCC(Cl)NC(C)Cc1ccccc1.Cl. The van der Waals surface area contributed by atoms with Crippen LogP contribution in [0.1, 0.15) is 25.8 Å². The summed E-state index contributed by atoms with van der Waals surface area (Å²) in [6.07, 6.45) is 1.99. The molecule has 1 rings (SSSR count). The van der Waals surface area contributed by atoms with Crippen molar-refractivity contribution in [1.29, 1.82) is 0 Å². The maximum atomic E-state index is 6.02. The predicted octanol–water partition coefficient (Wildman–Crippen LogP) is 3.60. The third kappa shape index (κ3) is 6.03. The second-order valence-electron chi connectivity index (χ2n) is 3.63. The summed E-state index contributed by atoms with van der Waals surface area (Å²) < 4.78 is 0. The average molecular weight is 248 g/mol. The van der Waals surface area contributed by atoms with Crippen molar-refractivity contribution in [2.45, 2.75) is 38.2 Å². The summed E-state index contributed by atoms with van der Waals surface area (Å²) in [4.78, 5) is 0. The Morgan fingerprint density at radius 3 is 2.40 bits per heavy atom. The molecule has 2 atom stereocenters. The van der Waals surface area contributed by atoms with Crippen molar-refractivity contribution in [3.63, 3.8) is 0 Å². The van der Waals surface area contributed by atoms with Gasteiger partial charge in [-0.1, -0.05) is 37.3 Å². The van der Waals surface area contributed by atoms with Crippen LogP contribution in [0.2, 0.25) is 0 Å². The van der Waals surface area contributed by atoms with Crippen LogP contribution in [0.3, 0.4) is 0 Å². The lowest BCUT2D eigenvalue weighted by Gasteiger charge is -2.17. The van der Waals surface area contributed by atoms with E-state index in [1.165, 1.54) is 5.56 Å². The van der Waals surface area contributed by atoms with Gasteiger partial charge in [-0.2, -0.15) is 0 Å². The molecule has 0 aliphatic heterocycles. The van der Waals surface area contributed by atoms with E-state index >= 15 is 0 Å². The van der Waals surface area contributed by atoms with Crippen LogP contribution in [0, 0.1) is 0 Å². The number of nitrogens with one attached hydrogen (secondary N) is 1. The minimum Gasteiger partial charge on any atom is -0.298 e. The summed E-state index contributed by atoms with van der Waals surface area (Å²) in [5, 5.41) is 3.34. The molecule has 0 saturated carbocycles. The molecule has 1 aromatic rings. The first-order valence-corrected chi connectivity index (χ1v) is 5.60. The summed E-state index contributed by atoms with van der Waals surface area (Å²) in [5.74, 6) is 0. The van der Waals surface area contributed by atoms with E-state index in [9.17, 15) is 0 Å². The first-order valence-electron chi connectivity index (χ1n) is 5.16. The molecule has 0 heterocycles. The molecule has 0 aliphatic rings. The molecular formula is C12H19Cl2N. The molecule has 1 aromatic carbocycles. The highest BCUT2D eigenvalue weighted by Crippen LogP contribution is 2.05. The Morgan fingerprint density at radius 1 is 1.27 bits per heavy atom. The third-order valence-corrected chi connectivity index (χ3v) is 2.64. The fraction of sp³-hybridized carbons (Fsp3) is 0.500. The van der Waals surface area contributed by atoms with Gasteiger partial charge >= 0.3 is 0 Å². The van der Waals surface area contributed by atoms with Gasteiger partial charge in [-0.15, -0.1) is 24.0 Å². The lowest BCUT2D eigenvalue weighted by molar-refractivity contribution is 0.513. The number of rotatable bonds is 5. The zero-order valence-electron chi connectivity index (χ0n) is 9.24. The molecule has 1 N–H and O–H groups in total. The van der Waals surface area contributed by atoms with Crippen molar-refractivity contribution in [2.75, 3.05) is 0 Å². The Balaban J connectivity index is 0.00000196. The third-order valence-electron chi connectivity index (χ3n) is 2.21. The van der Waals surface area contributed by atoms with Crippen molar-refractivity contribution < 1.29 is 0 Å². The lowest BCUT2D eigenvalue weighted by atomic mass is 10.1. The molecule has 1 nitrogen and oxygen atoms in total. The van der Waals surface area contributed by atoms with Crippen molar-refractivity contribution >= 4 is 24.0 Å². The van der Waals surface area contributed by atoms with Crippen LogP contribution in [-0.2, 0) is 6.42 Å². The van der Waals surface area contributed by atoms with E-state index in [4.69, 9.17) is 11.6 Å². The fourth-order valence-electron chi connectivity index (χ4n) is 1.45. The molecule has 0 saturated heterocycles. The number of hydrogen-bond donors (Lipinski definition) is 1. The molecule has 0 radical (unpaired) electrons. The fourth-order valence-corrected chi connectivity index (χ4v) is 1.67. The van der Waals surface area contributed by atoms with Gasteiger partial charge in [0.15, 0.2) is 0 Å². The summed E-state index contributed by atoms with van der Waals surface area (Å²) in [5.41, 5.74) is 1.45. The number of halogens is 2. The first-order chi connectivity index (χ1) is 6.72. The Labute approximate surface area is 104 Å². The van der Waals surface area contributed by atoms with Gasteiger partial charge < -0.3 is 0 Å². The van der Waals surface area contributed by atoms with Gasteiger partial charge in [0.2, 0.25) is 0 Å². The maximum absolute atomic E-state index is 6.02. The highest BCUT2D eigenvalue weighted by atomic mass is 35.5. The molecular weight excluding hydrogens is 229 g/mol. The number of hydrogen-bond acceptors (Lipinski definition) is 1. The minimum absolute atomic E-state index is 0. The quantitative estimate of drug-likeness (QED) is 0.620. The first kappa shape index (κ1) is 14.8. The molecule has 0 bridgehead atoms. The normalized spacial score (nSPS) is 14.1. The van der Waals surface area contributed by atoms with Crippen LogP contribution in [0.25, 0.3) is 0 Å². The van der Waals surface area contributed by atoms with Crippen LogP contribution >= 0.6 is 24.0 Å². The van der Waals surface area contributed by atoms with E-state index in [-0.39, 0.29) is 17.9 Å². The molecule has 86 valence electrons. The lowest BCUT2D eigenvalue weighted by Crippen LogP contribution is -2.33. The Morgan fingerprint density at radius 2 is 1.87 bits per heavy atom. The molecule has 2 unspecified atom stereocenters. The topological polar surface area (TPSA) is 12.0 Å². The average Bonchev–Trinajstić information content (AvgIpc) is 2.19. The Hall–Kier alpha value is -0.240. The van der Waals surface area contributed by atoms with Crippen molar-refractivity contribution in [2.24, 2.45) is 0 Å². The summed E-state index contributed by atoms with van der Waals surface area (Å²) >= 11 is 6.02. The van der Waals surface area contributed by atoms with Crippen LogP contribution in [-0.4, -0.2) is 11.5 Å². The van der Waals surface area contributed by atoms with Crippen LogP contribution in [0.15, 0.2) is 30.3 Å². The summed E-state index contributed by atoms with van der Waals surface area (Å²) in [6, 6.07) is 10.9. The molecule has 0 aromatic heterocycles. The van der Waals surface area contributed by atoms with Crippen LogP contribution < -0.4 is 5.32 Å². The largest absolute Gasteiger partial charge is 0.298 e. The van der Waals surface area contributed by atoms with E-state index in [1.54, 1.807) is 0 Å². The van der Waals surface area contributed by atoms with Gasteiger partial charge in [0.25, 0.3) is 0 Å². The van der Waals surface area contributed by atoms with E-state index in [1.807, 2.05) is 6.07 Å². The number of benzene rings is 1. The molecule has 0 spiro atoms. The highest BCUT2D eigenvalue weighted by Gasteiger charge is 2.07. The van der Waals surface area contributed by atoms with E-state index in [0.29, 0.717) is 6.04 Å². The molecule has 0 aliphatic carbocycles. The Kier molecular flexibility index (Phi) is 7.85. The van der Waals surface area contributed by atoms with Gasteiger partial charge in [-0.25, -0.2) is 0 Å². The molecule has 3 heteroatoms. The van der Waals surface area contributed by atoms with Gasteiger partial charge in [0.1, 0.15) is 0 Å². The summed E-state index contributed by atoms with van der Waals surface area (Å²) in [6.45, 7) is 4.25. The molecule has 0 fully saturated rings. The maximum Gasteiger partial charge on any atom is 0.0824 e. The molecule has 0 amide bonds. The minimum atomic E-state index is 0. The predicted molar refractivity (Wildman–Crippen MR) is 69.9 cm³/mol. The smallest absolute Gasteiger partial charge is 0.0824 e. The zero-order valence-corrected chi connectivity index (χ0v) is 10.8. The number of alkyl halides is 1. The standard InChI is InChI=1S/C12H18ClN.ClH/c1-3-12(13)14-10(2)9-11-7-5-4-6-8-11;/h4-8,10,12,14H,3,9H2,1-2H3;1H. The van der Waals surface area contributed by atoms with Gasteiger partial charge in [-0.3, -0.25) is 5.32 Å². The van der Waals surface area contributed by atoms with Crippen molar-refractivity contribution in [3.05, 3.63) is 35.9 Å². The van der Waals surface area contributed by atoms with E-state index in [0.717, 1.165) is 12.8 Å². The van der Waals surface area contributed by atoms with Crippen LogP contribution in [0.5, 0.6) is 0 Å². The second-order valence-corrected chi connectivity index (χ2v) is 4.16. The van der Waals surface area contributed by atoms with E-state index in [2.05, 4.69) is 43.4 Å². The second kappa shape index (κ2) is 7.98. The van der Waals surface area contributed by atoms with Crippen LogP contribution in [0.4, 0.5) is 0 Å². The highest BCUT2D eigenvalue weighted by molar-refractivity contribution is 6.20. The van der Waals surface area contributed by atoms with Gasteiger partial charge in [0.05, 0.1) is 5.50 Å². The van der Waals surface area contributed by atoms with Gasteiger partial charge in [0, 0.05) is 6.04 Å². The van der Waals surface area contributed by atoms with Gasteiger partial charge in [-0.05, 0) is 25.3 Å².